The second-order valence-corrected chi connectivity index (χ2v) is 3.20. The molecule has 0 spiro atoms. The summed E-state index contributed by atoms with van der Waals surface area (Å²) in [4.78, 5) is 3.76. The van der Waals surface area contributed by atoms with E-state index in [4.69, 9.17) is 5.73 Å². The second-order valence-electron chi connectivity index (χ2n) is 2.12. The van der Waals surface area contributed by atoms with E-state index in [1.165, 1.54) is 0 Å². The summed E-state index contributed by atoms with van der Waals surface area (Å²) in [6.07, 6.45) is 3.28. The molecule has 0 aromatic carbocycles. The first-order valence-electron chi connectivity index (χ1n) is 3.80. The normalized spacial score (nSPS) is 8.07. The molecule has 1 aromatic rings. The number of nitrogen functional groups attached to an aromatic ring is 1. The minimum atomic E-state index is 0.264. The molecule has 0 bridgehead atoms. The summed E-state index contributed by atoms with van der Waals surface area (Å²) in [7, 11) is 0. The third-order valence-electron chi connectivity index (χ3n) is 1.01. The van der Waals surface area contributed by atoms with Gasteiger partial charge in [-0.05, 0) is 24.4 Å². The van der Waals surface area contributed by atoms with E-state index in [0.29, 0.717) is 12.4 Å². The third-order valence-corrected chi connectivity index (χ3v) is 1.26. The highest BCUT2D eigenvalue weighted by Crippen LogP contribution is 1.89. The van der Waals surface area contributed by atoms with Gasteiger partial charge < -0.3 is 10.5 Å². The summed E-state index contributed by atoms with van der Waals surface area (Å²) in [6, 6.07) is 5.43. The average Bonchev–Trinajstić information content (AvgIpc) is 2.17. The quantitative estimate of drug-likeness (QED) is 0.462. The molecule has 76 valence electrons. The number of ether oxygens (including phenoxy) is 1. The molecular formula is C9H12N2OS2. The van der Waals surface area contributed by atoms with Crippen molar-refractivity contribution in [3.63, 3.8) is 0 Å². The van der Waals surface area contributed by atoms with Crippen molar-refractivity contribution in [3.8, 4) is 0 Å². The van der Waals surface area contributed by atoms with Gasteiger partial charge in [0, 0.05) is 6.20 Å². The van der Waals surface area contributed by atoms with Gasteiger partial charge in [-0.3, -0.25) is 0 Å². The Morgan fingerprint density at radius 1 is 1.71 bits per heavy atom. The highest BCUT2D eigenvalue weighted by atomic mass is 32.1. The van der Waals surface area contributed by atoms with Crippen molar-refractivity contribution in [3.05, 3.63) is 37.1 Å². The molecule has 0 fully saturated rings. The number of thiocarbonyl (C=S) groups is 1. The number of hydrogen-bond donors (Lipinski definition) is 2. The van der Waals surface area contributed by atoms with Gasteiger partial charge >= 0.3 is 0 Å². The van der Waals surface area contributed by atoms with E-state index in [1.54, 1.807) is 18.3 Å². The van der Waals surface area contributed by atoms with E-state index in [0.717, 1.165) is 0 Å². The van der Waals surface area contributed by atoms with Crippen LogP contribution in [0.25, 0.3) is 0 Å². The Morgan fingerprint density at radius 2 is 2.43 bits per heavy atom. The summed E-state index contributed by atoms with van der Waals surface area (Å²) in [5.41, 5.74) is 5.25. The van der Waals surface area contributed by atoms with Crippen molar-refractivity contribution in [1.82, 2.24) is 4.98 Å². The van der Waals surface area contributed by atoms with Crippen molar-refractivity contribution in [1.29, 1.82) is 0 Å². The Balaban J connectivity index is 0.000000241. The topological polar surface area (TPSA) is 48.1 Å². The zero-order valence-corrected chi connectivity index (χ0v) is 9.30. The van der Waals surface area contributed by atoms with Crippen LogP contribution in [0.5, 0.6) is 0 Å². The van der Waals surface area contributed by atoms with Crippen LogP contribution in [0.2, 0.25) is 0 Å². The Morgan fingerprint density at radius 3 is 2.64 bits per heavy atom. The minimum Gasteiger partial charge on any atom is -0.475 e. The van der Waals surface area contributed by atoms with Crippen molar-refractivity contribution in [2.75, 3.05) is 12.3 Å². The molecule has 0 radical (unpaired) electrons. The molecule has 0 aliphatic heterocycles. The number of nitrogens with two attached hydrogens (primary N) is 1. The summed E-state index contributed by atoms with van der Waals surface area (Å²) in [5.74, 6) is 0.572. The van der Waals surface area contributed by atoms with Crippen molar-refractivity contribution in [2.45, 2.75) is 0 Å². The Labute approximate surface area is 94.4 Å². The number of hydrogen-bond acceptors (Lipinski definition) is 4. The van der Waals surface area contributed by atoms with Crippen LogP contribution < -0.4 is 5.73 Å². The van der Waals surface area contributed by atoms with E-state index in [2.05, 4.69) is 41.1 Å². The number of rotatable bonds is 2. The molecule has 0 aliphatic rings. The maximum absolute atomic E-state index is 5.25. The first-order chi connectivity index (χ1) is 6.66. The van der Waals surface area contributed by atoms with Crippen LogP contribution in [0, 0.1) is 0 Å². The SMILES string of the molecule is C=CCOC(=S)S.Nc1ccccn1. The standard InChI is InChI=1S/C5H6N2.C4H6OS2/c6-5-3-1-2-4-7-5;1-2-3-5-4(6)7/h1-4H,(H2,6,7);2H,1,3H2,(H,6,7). The predicted octanol–water partition coefficient (Wildman–Crippen LogP) is 2.07. The number of anilines is 1. The van der Waals surface area contributed by atoms with Gasteiger partial charge in [-0.15, -0.1) is 0 Å². The zero-order valence-electron chi connectivity index (χ0n) is 7.59. The summed E-state index contributed by atoms with van der Waals surface area (Å²) in [6.45, 7) is 3.86. The van der Waals surface area contributed by atoms with Gasteiger partial charge in [0.2, 0.25) is 4.38 Å². The Hall–Kier alpha value is -1.07. The molecule has 14 heavy (non-hydrogen) atoms. The lowest BCUT2D eigenvalue weighted by Gasteiger charge is -1.93. The van der Waals surface area contributed by atoms with Crippen LogP contribution in [0.3, 0.4) is 0 Å². The molecule has 0 atom stereocenters. The van der Waals surface area contributed by atoms with Crippen molar-refractivity contribution < 1.29 is 4.74 Å². The molecule has 0 aliphatic carbocycles. The molecule has 3 nitrogen and oxygen atoms in total. The molecule has 1 heterocycles. The molecule has 2 N–H and O–H groups in total. The van der Waals surface area contributed by atoms with Crippen LogP contribution in [-0.4, -0.2) is 16.0 Å². The van der Waals surface area contributed by atoms with Gasteiger partial charge in [-0.1, -0.05) is 31.4 Å². The molecule has 0 amide bonds. The molecule has 1 rings (SSSR count). The monoisotopic (exact) mass is 228 g/mol. The lowest BCUT2D eigenvalue weighted by Crippen LogP contribution is -1.90. The maximum atomic E-state index is 5.25. The minimum absolute atomic E-state index is 0.264. The Kier molecular flexibility index (Phi) is 7.87. The first-order valence-corrected chi connectivity index (χ1v) is 4.65. The van der Waals surface area contributed by atoms with Gasteiger partial charge in [0.15, 0.2) is 0 Å². The van der Waals surface area contributed by atoms with Crippen molar-refractivity contribution >= 4 is 35.0 Å². The first kappa shape index (κ1) is 12.9. The van der Waals surface area contributed by atoms with Crippen molar-refractivity contribution in [2.24, 2.45) is 0 Å². The van der Waals surface area contributed by atoms with Gasteiger partial charge in [-0.2, -0.15) is 0 Å². The fraction of sp³-hybridized carbons (Fsp3) is 0.111. The van der Waals surface area contributed by atoms with E-state index in [1.807, 2.05) is 12.1 Å². The smallest absolute Gasteiger partial charge is 0.217 e. The van der Waals surface area contributed by atoms with Gasteiger partial charge in [-0.25, -0.2) is 4.98 Å². The summed E-state index contributed by atoms with van der Waals surface area (Å²) in [5, 5.41) is 0. The Bertz CT molecular complexity index is 277. The predicted molar refractivity (Wildman–Crippen MR) is 66.4 cm³/mol. The van der Waals surface area contributed by atoms with E-state index in [9.17, 15) is 0 Å². The largest absolute Gasteiger partial charge is 0.475 e. The lowest BCUT2D eigenvalue weighted by molar-refractivity contribution is 0.371. The van der Waals surface area contributed by atoms with Gasteiger partial charge in [0.05, 0.1) is 0 Å². The summed E-state index contributed by atoms with van der Waals surface area (Å²) < 4.78 is 4.93. The van der Waals surface area contributed by atoms with E-state index < -0.39 is 0 Å². The summed E-state index contributed by atoms with van der Waals surface area (Å²) >= 11 is 8.15. The molecule has 0 unspecified atom stereocenters. The van der Waals surface area contributed by atoms with E-state index >= 15 is 0 Å². The van der Waals surface area contributed by atoms with Gasteiger partial charge in [0.1, 0.15) is 12.4 Å². The average molecular weight is 228 g/mol. The van der Waals surface area contributed by atoms with Crippen LogP contribution in [-0.2, 0) is 4.74 Å². The van der Waals surface area contributed by atoms with Crippen LogP contribution >= 0.6 is 24.8 Å². The second kappa shape index (κ2) is 8.52. The van der Waals surface area contributed by atoms with Crippen LogP contribution in [0.1, 0.15) is 0 Å². The molecule has 5 heteroatoms. The maximum Gasteiger partial charge on any atom is 0.217 e. The number of thiol groups is 1. The number of nitrogens with zero attached hydrogens (tertiary/aromatic N) is 1. The molecule has 1 aromatic heterocycles. The number of pyridine rings is 1. The fourth-order valence-electron chi connectivity index (χ4n) is 0.506. The van der Waals surface area contributed by atoms with Crippen LogP contribution in [0.15, 0.2) is 37.1 Å². The highest BCUT2D eigenvalue weighted by Gasteiger charge is 1.79. The fourth-order valence-corrected chi connectivity index (χ4v) is 0.649. The van der Waals surface area contributed by atoms with Gasteiger partial charge in [0.25, 0.3) is 0 Å². The number of aromatic nitrogens is 1. The zero-order chi connectivity index (χ0) is 10.8. The van der Waals surface area contributed by atoms with E-state index in [-0.39, 0.29) is 4.38 Å². The molecule has 0 saturated heterocycles. The third kappa shape index (κ3) is 9.02. The highest BCUT2D eigenvalue weighted by molar-refractivity contribution is 8.10. The molecular weight excluding hydrogens is 216 g/mol. The molecule has 0 saturated carbocycles. The lowest BCUT2D eigenvalue weighted by atomic mass is 10.5. The van der Waals surface area contributed by atoms with Crippen LogP contribution in [0.4, 0.5) is 5.82 Å².